The van der Waals surface area contributed by atoms with Crippen molar-refractivity contribution >= 4 is 36.2 Å². The summed E-state index contributed by atoms with van der Waals surface area (Å²) in [6.45, 7) is 9.04. The van der Waals surface area contributed by atoms with E-state index in [0.29, 0.717) is 18.1 Å². The first-order chi connectivity index (χ1) is 21.7. The molecule has 1 heterocycles. The van der Waals surface area contributed by atoms with Crippen LogP contribution in [0, 0.1) is 5.92 Å². The molecule has 5 rings (SSSR count). The maximum atomic E-state index is 13.7. The number of nitrogens with zero attached hydrogens (tertiary/aromatic N) is 1. The zero-order valence-corrected chi connectivity index (χ0v) is 27.6. The zero-order chi connectivity index (χ0) is 32.0. The summed E-state index contributed by atoms with van der Waals surface area (Å²) < 4.78 is 18.2. The minimum atomic E-state index is -2.81. The van der Waals surface area contributed by atoms with Crippen LogP contribution in [0.2, 0.25) is 5.04 Å². The summed E-state index contributed by atoms with van der Waals surface area (Å²) in [6, 6.07) is 36.5. The summed E-state index contributed by atoms with van der Waals surface area (Å²) in [5.74, 6) is 0.657. The van der Waals surface area contributed by atoms with Gasteiger partial charge in [-0.1, -0.05) is 107 Å². The highest BCUT2D eigenvalue weighted by Crippen LogP contribution is 2.39. The van der Waals surface area contributed by atoms with Gasteiger partial charge in [-0.2, -0.15) is 0 Å². The number of carbonyl (C=O) groups excluding carboxylic acids is 2. The summed E-state index contributed by atoms with van der Waals surface area (Å²) in [5, 5.41) is 5.15. The Morgan fingerprint density at radius 3 is 1.89 bits per heavy atom. The van der Waals surface area contributed by atoms with E-state index in [1.54, 1.807) is 24.1 Å². The van der Waals surface area contributed by atoms with E-state index in [-0.39, 0.29) is 35.4 Å². The molecule has 4 aromatic rings. The van der Waals surface area contributed by atoms with Gasteiger partial charge in [0.05, 0.1) is 13.2 Å². The van der Waals surface area contributed by atoms with Gasteiger partial charge < -0.3 is 24.1 Å². The summed E-state index contributed by atoms with van der Waals surface area (Å²) >= 11 is 0. The van der Waals surface area contributed by atoms with Crippen molar-refractivity contribution in [3.63, 3.8) is 0 Å². The molecule has 3 atom stereocenters. The Bertz CT molecular complexity index is 1520. The number of para-hydroxylation sites is 1. The van der Waals surface area contributed by atoms with Gasteiger partial charge in [0.1, 0.15) is 17.5 Å². The largest absolute Gasteiger partial charge is 0.497 e. The monoisotopic (exact) mass is 624 g/mol. The van der Waals surface area contributed by atoms with Crippen LogP contribution in [0.3, 0.4) is 0 Å². The van der Waals surface area contributed by atoms with Crippen molar-refractivity contribution in [3.05, 3.63) is 115 Å². The average Bonchev–Trinajstić information content (AvgIpc) is 3.06. The SMILES string of the molecule is COc1ccc(N2[C@H]([C@@H](C)CO[Si](c3ccccc3)(c3ccccc3)C(C)(C)C)[C@@H](NC(=O)COc3ccccc3)[14C]2=O)cc1. The Hall–Kier alpha value is -4.40. The normalized spacial score (nSPS) is 17.3. The van der Waals surface area contributed by atoms with E-state index >= 15 is 0 Å². The van der Waals surface area contributed by atoms with E-state index < -0.39 is 14.4 Å². The number of hydrogen-bond donors (Lipinski definition) is 1. The zero-order valence-electron chi connectivity index (χ0n) is 26.6. The molecule has 2 amide bonds. The van der Waals surface area contributed by atoms with Gasteiger partial charge in [0, 0.05) is 18.2 Å². The summed E-state index contributed by atoms with van der Waals surface area (Å²) in [5.41, 5.74) is 0.745. The molecular weight excluding hydrogens is 582 g/mol. The van der Waals surface area contributed by atoms with E-state index in [1.807, 2.05) is 54.6 Å². The van der Waals surface area contributed by atoms with Crippen molar-refractivity contribution in [3.8, 4) is 11.5 Å². The Balaban J connectivity index is 1.43. The molecule has 0 radical (unpaired) electrons. The van der Waals surface area contributed by atoms with Crippen molar-refractivity contribution in [2.24, 2.45) is 5.92 Å². The molecule has 1 saturated heterocycles. The molecule has 1 fully saturated rings. The summed E-state index contributed by atoms with van der Waals surface area (Å²) in [4.78, 5) is 28.4. The molecule has 1 N–H and O–H groups in total. The first-order valence-corrected chi connectivity index (χ1v) is 17.3. The Kier molecular flexibility index (Phi) is 9.75. The van der Waals surface area contributed by atoms with Crippen LogP contribution in [-0.2, 0) is 14.0 Å². The number of ether oxygens (including phenoxy) is 2. The summed E-state index contributed by atoms with van der Waals surface area (Å²) in [7, 11) is -1.20. The fraction of sp³-hybridized carbons (Fsp3) is 0.297. The van der Waals surface area contributed by atoms with E-state index in [4.69, 9.17) is 13.9 Å². The third-order valence-corrected chi connectivity index (χ3v) is 13.5. The predicted octanol–water partition coefficient (Wildman–Crippen LogP) is 5.19. The van der Waals surface area contributed by atoms with E-state index in [9.17, 15) is 9.59 Å². The lowest BCUT2D eigenvalue weighted by Crippen LogP contribution is -2.74. The van der Waals surface area contributed by atoms with Gasteiger partial charge in [-0.05, 0) is 51.8 Å². The molecule has 234 valence electrons. The van der Waals surface area contributed by atoms with Crippen LogP contribution >= 0.6 is 0 Å². The smallest absolute Gasteiger partial charge is 0.261 e. The van der Waals surface area contributed by atoms with Crippen molar-refractivity contribution in [2.45, 2.75) is 44.8 Å². The molecular formula is C37H42N2O5Si. The van der Waals surface area contributed by atoms with Crippen LogP contribution in [0.1, 0.15) is 27.7 Å². The van der Waals surface area contributed by atoms with Crippen LogP contribution < -0.4 is 30.1 Å². The fourth-order valence-electron chi connectivity index (χ4n) is 6.28. The lowest BCUT2D eigenvalue weighted by atomic mass is 9.95. The minimum absolute atomic E-state index is 0.119. The maximum absolute atomic E-state index is 13.7. The van der Waals surface area contributed by atoms with Crippen molar-refractivity contribution in [1.82, 2.24) is 5.32 Å². The van der Waals surface area contributed by atoms with E-state index in [0.717, 1.165) is 5.69 Å². The molecule has 0 bridgehead atoms. The Morgan fingerprint density at radius 1 is 0.844 bits per heavy atom. The number of hydrogen-bond acceptors (Lipinski definition) is 5. The van der Waals surface area contributed by atoms with Gasteiger partial charge in [-0.25, -0.2) is 0 Å². The number of benzene rings is 4. The molecule has 4 aromatic carbocycles. The molecule has 8 heteroatoms. The van der Waals surface area contributed by atoms with Crippen LogP contribution in [-0.4, -0.2) is 52.5 Å². The molecule has 45 heavy (non-hydrogen) atoms. The molecule has 0 aromatic heterocycles. The van der Waals surface area contributed by atoms with E-state index in [1.165, 1.54) is 10.4 Å². The highest BCUT2D eigenvalue weighted by Gasteiger charge is 2.54. The van der Waals surface area contributed by atoms with Gasteiger partial charge >= 0.3 is 0 Å². The number of anilines is 1. The second-order valence-electron chi connectivity index (χ2n) is 12.5. The number of amides is 2. The van der Waals surface area contributed by atoms with E-state index in [2.05, 4.69) is 81.5 Å². The number of carbonyl (C=O) groups is 2. The highest BCUT2D eigenvalue weighted by atomic mass is 28.4. The van der Waals surface area contributed by atoms with Crippen LogP contribution in [0.25, 0.3) is 0 Å². The van der Waals surface area contributed by atoms with Gasteiger partial charge in [0.2, 0.25) is 0 Å². The second kappa shape index (κ2) is 13.7. The van der Waals surface area contributed by atoms with Crippen LogP contribution in [0.15, 0.2) is 115 Å². The average molecular weight is 625 g/mol. The lowest BCUT2D eigenvalue weighted by molar-refractivity contribution is -0.134. The van der Waals surface area contributed by atoms with Crippen LogP contribution in [0.4, 0.5) is 5.69 Å². The van der Waals surface area contributed by atoms with Gasteiger partial charge in [-0.3, -0.25) is 9.59 Å². The van der Waals surface area contributed by atoms with Gasteiger partial charge in [0.25, 0.3) is 20.1 Å². The number of rotatable bonds is 12. The number of methoxy groups -OCH3 is 1. The molecule has 0 unspecified atom stereocenters. The molecule has 1 aliphatic heterocycles. The first-order valence-electron chi connectivity index (χ1n) is 15.3. The number of nitrogens with one attached hydrogen (secondary N) is 1. The predicted molar refractivity (Wildman–Crippen MR) is 181 cm³/mol. The molecule has 0 spiro atoms. The Morgan fingerprint density at radius 2 is 1.38 bits per heavy atom. The third kappa shape index (κ3) is 6.67. The highest BCUT2D eigenvalue weighted by molar-refractivity contribution is 6.99. The van der Waals surface area contributed by atoms with Gasteiger partial charge in [-0.15, -0.1) is 0 Å². The summed E-state index contributed by atoms with van der Waals surface area (Å²) in [6.07, 6.45) is 0. The van der Waals surface area contributed by atoms with Crippen LogP contribution in [0.5, 0.6) is 11.5 Å². The quantitative estimate of drug-likeness (QED) is 0.174. The Labute approximate surface area is 267 Å². The fourth-order valence-corrected chi connectivity index (χ4v) is 10.9. The molecule has 7 nitrogen and oxygen atoms in total. The van der Waals surface area contributed by atoms with Crippen molar-refractivity contribution in [1.29, 1.82) is 0 Å². The molecule has 0 saturated carbocycles. The topological polar surface area (TPSA) is 77.1 Å². The molecule has 0 aliphatic carbocycles. The van der Waals surface area contributed by atoms with Crippen molar-refractivity contribution in [2.75, 3.05) is 25.2 Å². The third-order valence-electron chi connectivity index (χ3n) is 8.49. The first kappa shape index (κ1) is 32.0. The van der Waals surface area contributed by atoms with Gasteiger partial charge in [0.15, 0.2) is 6.61 Å². The molecule has 1 aliphatic rings. The second-order valence-corrected chi connectivity index (χ2v) is 16.8. The number of β-lactam (4-membered cyclic amide) rings is 1. The maximum Gasteiger partial charge on any atom is 0.261 e. The standard InChI is InChI=1S/C37H42N2O5Si/c1-27(25-44-45(37(2,3)4,31-17-11-7-12-18-31)32-19-13-8-14-20-32)35-34(38-33(40)26-43-30-15-9-6-10-16-30)36(41)39(35)28-21-23-29(42-5)24-22-28/h6-24,27,34-35H,25-26H2,1-5H3,(H,38,40)/t27-,34+,35+/m0/s1/i36+2. The minimum Gasteiger partial charge on any atom is -0.497 e. The van der Waals surface area contributed by atoms with Crippen molar-refractivity contribution < 1.29 is 23.5 Å². The lowest BCUT2D eigenvalue weighted by Gasteiger charge is -2.51.